The molecule has 5 nitrogen and oxygen atoms in total. The summed E-state index contributed by atoms with van der Waals surface area (Å²) in [5, 5.41) is 35.2. The van der Waals surface area contributed by atoms with Crippen molar-refractivity contribution in [3.05, 3.63) is 0 Å². The van der Waals surface area contributed by atoms with Crippen LogP contribution in [-0.4, -0.2) is 51.1 Å². The average Bonchev–Trinajstić information content (AvgIpc) is 2.12. The molecule has 0 bridgehead atoms. The second kappa shape index (κ2) is 5.21. The van der Waals surface area contributed by atoms with Crippen LogP contribution in [0.2, 0.25) is 0 Å². The number of ketones is 1. The van der Waals surface area contributed by atoms with Crippen LogP contribution in [-0.2, 0) is 4.79 Å². The number of hydrogen-bond acceptors (Lipinski definition) is 5. The van der Waals surface area contributed by atoms with E-state index in [1.165, 1.54) is 6.92 Å². The molecule has 0 unspecified atom stereocenters. The van der Waals surface area contributed by atoms with E-state index in [0.717, 1.165) is 0 Å². The molecule has 5 heteroatoms. The Morgan fingerprint density at radius 2 is 1.83 bits per heavy atom. The lowest BCUT2D eigenvalue weighted by Gasteiger charge is -2.19. The molecule has 0 heterocycles. The maximum absolute atomic E-state index is 10.8. The van der Waals surface area contributed by atoms with Crippen LogP contribution in [0.15, 0.2) is 0 Å². The Labute approximate surface area is 70.3 Å². The van der Waals surface area contributed by atoms with Crippen molar-refractivity contribution in [1.82, 2.24) is 0 Å². The maximum Gasteiger partial charge on any atom is 0.163 e. The standard InChI is InChI=1S/C7H14O5/c1-2-4(9)6(11)7(12)5(10)3-8/h5-8,10-12H,2-3H2,1H3/t5-,6-,7-/m1/s1. The number of carbonyl (C=O) groups excluding carboxylic acids is 1. The molecule has 4 N–H and O–H groups in total. The van der Waals surface area contributed by atoms with E-state index in [1.807, 2.05) is 0 Å². The van der Waals surface area contributed by atoms with E-state index in [2.05, 4.69) is 0 Å². The molecule has 0 saturated carbocycles. The fourth-order valence-electron chi connectivity index (χ4n) is 0.718. The van der Waals surface area contributed by atoms with Crippen LogP contribution >= 0.6 is 0 Å². The van der Waals surface area contributed by atoms with Gasteiger partial charge in [0.05, 0.1) is 6.61 Å². The highest BCUT2D eigenvalue weighted by atomic mass is 16.4. The van der Waals surface area contributed by atoms with Crippen LogP contribution in [0, 0.1) is 0 Å². The molecule has 12 heavy (non-hydrogen) atoms. The van der Waals surface area contributed by atoms with E-state index in [4.69, 9.17) is 20.4 Å². The summed E-state index contributed by atoms with van der Waals surface area (Å²) < 4.78 is 0. The average molecular weight is 178 g/mol. The molecule has 72 valence electrons. The van der Waals surface area contributed by atoms with Crippen molar-refractivity contribution in [3.63, 3.8) is 0 Å². The number of aliphatic hydroxyl groups is 4. The van der Waals surface area contributed by atoms with Crippen molar-refractivity contribution >= 4 is 5.78 Å². The van der Waals surface area contributed by atoms with Crippen molar-refractivity contribution in [2.24, 2.45) is 0 Å². The summed E-state index contributed by atoms with van der Waals surface area (Å²) in [6, 6.07) is 0. The van der Waals surface area contributed by atoms with Gasteiger partial charge in [-0.15, -0.1) is 0 Å². The van der Waals surface area contributed by atoms with Gasteiger partial charge in [-0.05, 0) is 0 Å². The molecule has 0 radical (unpaired) electrons. The number of carbonyl (C=O) groups is 1. The molecule has 0 spiro atoms. The van der Waals surface area contributed by atoms with Crippen molar-refractivity contribution in [3.8, 4) is 0 Å². The van der Waals surface area contributed by atoms with E-state index >= 15 is 0 Å². The van der Waals surface area contributed by atoms with E-state index in [1.54, 1.807) is 0 Å². The van der Waals surface area contributed by atoms with Gasteiger partial charge in [0.2, 0.25) is 0 Å². The Morgan fingerprint density at radius 3 is 2.17 bits per heavy atom. The van der Waals surface area contributed by atoms with Gasteiger partial charge in [0.1, 0.15) is 18.3 Å². The largest absolute Gasteiger partial charge is 0.394 e. The van der Waals surface area contributed by atoms with Gasteiger partial charge in [-0.3, -0.25) is 4.79 Å². The van der Waals surface area contributed by atoms with Gasteiger partial charge >= 0.3 is 0 Å². The summed E-state index contributed by atoms with van der Waals surface area (Å²) in [6.07, 6.45) is -4.62. The highest BCUT2D eigenvalue weighted by molar-refractivity contribution is 5.83. The van der Waals surface area contributed by atoms with E-state index in [-0.39, 0.29) is 6.42 Å². The molecule has 0 aromatic rings. The molecule has 0 aliphatic rings. The first-order valence-electron chi connectivity index (χ1n) is 3.72. The van der Waals surface area contributed by atoms with E-state index < -0.39 is 30.7 Å². The Bertz CT molecular complexity index is 147. The maximum atomic E-state index is 10.8. The molecular weight excluding hydrogens is 164 g/mol. The van der Waals surface area contributed by atoms with Gasteiger partial charge < -0.3 is 20.4 Å². The lowest BCUT2D eigenvalue weighted by atomic mass is 10.0. The van der Waals surface area contributed by atoms with Gasteiger partial charge in [-0.2, -0.15) is 0 Å². The number of Topliss-reactive ketones (excluding diaryl/α,β-unsaturated/α-hetero) is 1. The van der Waals surface area contributed by atoms with Crippen LogP contribution in [0.1, 0.15) is 13.3 Å². The quantitative estimate of drug-likeness (QED) is 0.392. The van der Waals surface area contributed by atoms with E-state index in [0.29, 0.717) is 0 Å². The minimum Gasteiger partial charge on any atom is -0.394 e. The fourth-order valence-corrected chi connectivity index (χ4v) is 0.718. The van der Waals surface area contributed by atoms with Crippen LogP contribution in [0.4, 0.5) is 0 Å². The minimum atomic E-state index is -1.61. The first-order chi connectivity index (χ1) is 5.54. The molecule has 0 aliphatic heterocycles. The number of aliphatic hydroxyl groups excluding tert-OH is 4. The first-order valence-corrected chi connectivity index (χ1v) is 3.72. The van der Waals surface area contributed by atoms with Crippen LogP contribution in [0.3, 0.4) is 0 Å². The minimum absolute atomic E-state index is 0.0797. The lowest BCUT2D eigenvalue weighted by molar-refractivity contribution is -0.139. The van der Waals surface area contributed by atoms with Crippen molar-refractivity contribution < 1.29 is 25.2 Å². The summed E-state index contributed by atoms with van der Waals surface area (Å²) in [4.78, 5) is 10.8. The topological polar surface area (TPSA) is 98.0 Å². The molecule has 0 fully saturated rings. The molecule has 0 saturated heterocycles. The number of rotatable bonds is 5. The number of hydrogen-bond donors (Lipinski definition) is 4. The lowest BCUT2D eigenvalue weighted by Crippen LogP contribution is -2.43. The zero-order valence-corrected chi connectivity index (χ0v) is 6.84. The molecule has 0 aliphatic carbocycles. The van der Waals surface area contributed by atoms with Gasteiger partial charge in [-0.25, -0.2) is 0 Å². The van der Waals surface area contributed by atoms with Crippen LogP contribution < -0.4 is 0 Å². The summed E-state index contributed by atoms with van der Waals surface area (Å²) in [6.45, 7) is 0.846. The molecule has 3 atom stereocenters. The van der Waals surface area contributed by atoms with Crippen molar-refractivity contribution in [1.29, 1.82) is 0 Å². The predicted molar refractivity (Wildman–Crippen MR) is 40.4 cm³/mol. The summed E-state index contributed by atoms with van der Waals surface area (Å²) in [5.41, 5.74) is 0. The Balaban J connectivity index is 4.08. The summed E-state index contributed by atoms with van der Waals surface area (Å²) in [7, 11) is 0. The third kappa shape index (κ3) is 2.86. The van der Waals surface area contributed by atoms with Gasteiger partial charge in [0, 0.05) is 6.42 Å². The monoisotopic (exact) mass is 178 g/mol. The fraction of sp³-hybridized carbons (Fsp3) is 0.857. The predicted octanol–water partition coefficient (Wildman–Crippen LogP) is -1.96. The third-order valence-electron chi connectivity index (χ3n) is 1.58. The summed E-state index contributed by atoms with van der Waals surface area (Å²) in [5.74, 6) is -0.560. The van der Waals surface area contributed by atoms with Crippen molar-refractivity contribution in [2.45, 2.75) is 31.7 Å². The Hall–Kier alpha value is -0.490. The Morgan fingerprint density at radius 1 is 1.33 bits per heavy atom. The smallest absolute Gasteiger partial charge is 0.163 e. The zero-order valence-electron chi connectivity index (χ0n) is 6.84. The molecule has 0 amide bonds. The molecule has 0 rings (SSSR count). The van der Waals surface area contributed by atoms with Crippen LogP contribution in [0.25, 0.3) is 0 Å². The molecule has 0 aromatic carbocycles. The SMILES string of the molecule is CCC(=O)[C@@H](O)[C@H](O)[C@H](O)CO. The van der Waals surface area contributed by atoms with Gasteiger partial charge in [0.15, 0.2) is 5.78 Å². The zero-order chi connectivity index (χ0) is 9.72. The van der Waals surface area contributed by atoms with Crippen LogP contribution in [0.5, 0.6) is 0 Å². The Kier molecular flexibility index (Phi) is 5.00. The highest BCUT2D eigenvalue weighted by Crippen LogP contribution is 2.02. The highest BCUT2D eigenvalue weighted by Gasteiger charge is 2.28. The normalized spacial score (nSPS) is 18.4. The second-order valence-electron chi connectivity index (χ2n) is 2.51. The third-order valence-corrected chi connectivity index (χ3v) is 1.58. The molecular formula is C7H14O5. The van der Waals surface area contributed by atoms with Crippen molar-refractivity contribution in [2.75, 3.05) is 6.61 Å². The van der Waals surface area contributed by atoms with Gasteiger partial charge in [-0.1, -0.05) is 6.92 Å². The van der Waals surface area contributed by atoms with Gasteiger partial charge in [0.25, 0.3) is 0 Å². The second-order valence-corrected chi connectivity index (χ2v) is 2.51. The first kappa shape index (κ1) is 11.5. The van der Waals surface area contributed by atoms with E-state index in [9.17, 15) is 4.79 Å². The summed E-state index contributed by atoms with van der Waals surface area (Å²) >= 11 is 0. The molecule has 0 aromatic heterocycles.